The van der Waals surface area contributed by atoms with Gasteiger partial charge in [-0.3, -0.25) is 0 Å². The molecule has 0 bridgehead atoms. The van der Waals surface area contributed by atoms with E-state index in [0.717, 1.165) is 12.0 Å². The van der Waals surface area contributed by atoms with Gasteiger partial charge in [0, 0.05) is 17.1 Å². The van der Waals surface area contributed by atoms with Crippen LogP contribution in [-0.2, 0) is 17.1 Å². The average molecular weight is 256 g/mol. The van der Waals surface area contributed by atoms with Crippen molar-refractivity contribution in [2.24, 2.45) is 0 Å². The summed E-state index contributed by atoms with van der Waals surface area (Å²) >= 11 is 0. The fourth-order valence-corrected chi connectivity index (χ4v) is 1.25. The van der Waals surface area contributed by atoms with Crippen molar-refractivity contribution in [1.82, 2.24) is 0 Å². The smallest absolute Gasteiger partial charge is 0.108 e. The molecule has 0 N–H and O–H groups in total. The Morgan fingerprint density at radius 3 is 1.88 bits per heavy atom. The Hall–Kier alpha value is -1.11. The molecule has 0 fully saturated rings. The zero-order valence-corrected chi connectivity index (χ0v) is 10.5. The average Bonchev–Trinajstić information content (AvgIpc) is 2.95. The van der Waals surface area contributed by atoms with E-state index in [1.54, 1.807) is 0 Å². The first-order valence-corrected chi connectivity index (χ1v) is 5.26. The largest absolute Gasteiger partial charge is 0.748 e. The second-order valence-electron chi connectivity index (χ2n) is 3.31. The minimum atomic E-state index is 0. The maximum absolute atomic E-state index is 11.1. The van der Waals surface area contributed by atoms with E-state index in [9.17, 15) is 4.79 Å². The molecule has 2 heteroatoms. The number of hydrogen-bond donors (Lipinski definition) is 0. The molecule has 0 spiro atoms. The van der Waals surface area contributed by atoms with Crippen molar-refractivity contribution < 1.29 is 21.9 Å². The summed E-state index contributed by atoms with van der Waals surface area (Å²) in [5.41, 5.74) is 0.849. The van der Waals surface area contributed by atoms with Gasteiger partial charge in [0.2, 0.25) is 0 Å². The first-order chi connectivity index (χ1) is 7.34. The SMILES string of the molecule is CCCC(=O)[c-]1cccc1.[Fe].[cH-]1[cH-][cH-][cH-][cH-]1. The normalized spacial score (nSPS) is 8.56. The van der Waals surface area contributed by atoms with Crippen molar-refractivity contribution in [3.05, 3.63) is 60.2 Å². The van der Waals surface area contributed by atoms with Crippen LogP contribution in [0, 0.1) is 0 Å². The Labute approximate surface area is 108 Å². The van der Waals surface area contributed by atoms with Crippen molar-refractivity contribution in [1.29, 1.82) is 0 Å². The summed E-state index contributed by atoms with van der Waals surface area (Å²) < 4.78 is 0. The number of rotatable bonds is 3. The summed E-state index contributed by atoms with van der Waals surface area (Å²) in [6.45, 7) is 2.01. The predicted molar refractivity (Wildman–Crippen MR) is 63.3 cm³/mol. The molecule has 0 aliphatic rings. The van der Waals surface area contributed by atoms with E-state index in [4.69, 9.17) is 0 Å². The second kappa shape index (κ2) is 9.14. The number of carbonyl (C=O) groups excluding carboxylic acids is 1. The van der Waals surface area contributed by atoms with Crippen molar-refractivity contribution in [2.45, 2.75) is 19.8 Å². The van der Waals surface area contributed by atoms with Gasteiger partial charge < -0.3 is 35.1 Å². The van der Waals surface area contributed by atoms with E-state index in [1.807, 2.05) is 61.5 Å². The topological polar surface area (TPSA) is 17.1 Å². The van der Waals surface area contributed by atoms with Crippen LogP contribution in [0.2, 0.25) is 0 Å². The van der Waals surface area contributed by atoms with Crippen LogP contribution >= 0.6 is 0 Å². The number of hydrogen-bond acceptors (Lipinski definition) is 1. The van der Waals surface area contributed by atoms with Gasteiger partial charge in [0.15, 0.2) is 0 Å². The molecule has 2 rings (SSSR count). The quantitative estimate of drug-likeness (QED) is 0.464. The molecule has 0 heterocycles. The summed E-state index contributed by atoms with van der Waals surface area (Å²) in [4.78, 5) is 11.1. The Balaban J connectivity index is 0.000000318. The third-order valence-electron chi connectivity index (χ3n) is 2.02. The zero-order valence-electron chi connectivity index (χ0n) is 9.37. The first-order valence-electron chi connectivity index (χ1n) is 5.26. The Morgan fingerprint density at radius 1 is 1.06 bits per heavy atom. The molecular formula is C14H16FeO-6. The van der Waals surface area contributed by atoms with Crippen LogP contribution in [0.15, 0.2) is 54.6 Å². The molecular weight excluding hydrogens is 240 g/mol. The van der Waals surface area contributed by atoms with E-state index in [2.05, 4.69) is 0 Å². The van der Waals surface area contributed by atoms with Gasteiger partial charge in [-0.2, -0.15) is 12.1 Å². The summed E-state index contributed by atoms with van der Waals surface area (Å²) in [5, 5.41) is 0. The Bertz CT molecular complexity index is 329. The predicted octanol–water partition coefficient (Wildman–Crippen LogP) is 3.79. The summed E-state index contributed by atoms with van der Waals surface area (Å²) in [5.74, 6) is 0.257. The molecule has 0 unspecified atom stereocenters. The summed E-state index contributed by atoms with van der Waals surface area (Å²) in [6, 6.07) is 17.5. The molecule has 0 radical (unpaired) electrons. The fourth-order valence-electron chi connectivity index (χ4n) is 1.25. The summed E-state index contributed by atoms with van der Waals surface area (Å²) in [7, 11) is 0. The van der Waals surface area contributed by atoms with Crippen LogP contribution in [0.25, 0.3) is 0 Å². The Kier molecular flexibility index (Phi) is 8.51. The van der Waals surface area contributed by atoms with Crippen molar-refractivity contribution in [2.75, 3.05) is 0 Å². The first kappa shape index (κ1) is 14.9. The molecule has 0 aliphatic carbocycles. The van der Waals surface area contributed by atoms with Crippen LogP contribution < -0.4 is 0 Å². The maximum Gasteiger partial charge on any atom is 0.108 e. The molecule has 92 valence electrons. The molecule has 2 aromatic rings. The fraction of sp³-hybridized carbons (Fsp3) is 0.214. The van der Waals surface area contributed by atoms with E-state index in [0.29, 0.717) is 6.42 Å². The van der Waals surface area contributed by atoms with E-state index >= 15 is 0 Å². The van der Waals surface area contributed by atoms with Crippen LogP contribution in [0.3, 0.4) is 0 Å². The van der Waals surface area contributed by atoms with Gasteiger partial charge in [0.1, 0.15) is 5.78 Å². The molecule has 0 saturated carbocycles. The van der Waals surface area contributed by atoms with Crippen LogP contribution in [0.1, 0.15) is 30.1 Å². The van der Waals surface area contributed by atoms with Crippen LogP contribution in [-0.4, -0.2) is 5.78 Å². The van der Waals surface area contributed by atoms with Crippen molar-refractivity contribution >= 4 is 5.78 Å². The molecule has 0 saturated heterocycles. The van der Waals surface area contributed by atoms with E-state index < -0.39 is 0 Å². The number of ketones is 1. The number of Topliss-reactive ketones (excluding diaryl/α,β-unsaturated/α-hetero) is 1. The van der Waals surface area contributed by atoms with Gasteiger partial charge in [-0.15, -0.1) is 0 Å². The molecule has 2 aromatic carbocycles. The van der Waals surface area contributed by atoms with E-state index in [1.165, 1.54) is 0 Å². The minimum Gasteiger partial charge on any atom is -0.748 e. The summed E-state index contributed by atoms with van der Waals surface area (Å²) in [6.07, 6.45) is 1.61. The second-order valence-corrected chi connectivity index (χ2v) is 3.31. The van der Waals surface area contributed by atoms with Gasteiger partial charge in [0.25, 0.3) is 0 Å². The zero-order chi connectivity index (χ0) is 10.9. The van der Waals surface area contributed by atoms with E-state index in [-0.39, 0.29) is 22.9 Å². The molecule has 16 heavy (non-hydrogen) atoms. The molecule has 0 aromatic heterocycles. The molecule has 0 atom stereocenters. The molecule has 0 aliphatic heterocycles. The third-order valence-corrected chi connectivity index (χ3v) is 2.02. The molecule has 1 nitrogen and oxygen atoms in total. The van der Waals surface area contributed by atoms with Crippen LogP contribution in [0.4, 0.5) is 0 Å². The van der Waals surface area contributed by atoms with Crippen LogP contribution in [0.5, 0.6) is 0 Å². The minimum absolute atomic E-state index is 0. The van der Waals surface area contributed by atoms with Crippen molar-refractivity contribution in [3.63, 3.8) is 0 Å². The standard InChI is InChI=1S/C9H11O.C5H5.Fe/c1-2-5-9(10)8-6-3-4-7-8;1-2-4-5-3-1;/h3-4,6-7H,2,5H2,1H3;1-5H;/q-1;-5;. The van der Waals surface area contributed by atoms with Crippen molar-refractivity contribution in [3.8, 4) is 0 Å². The Morgan fingerprint density at radius 2 is 1.50 bits per heavy atom. The monoisotopic (exact) mass is 256 g/mol. The van der Waals surface area contributed by atoms with Gasteiger partial charge in [-0.1, -0.05) is 12.5 Å². The maximum atomic E-state index is 11.1. The number of carbonyl (C=O) groups is 1. The third kappa shape index (κ3) is 5.69. The van der Waals surface area contributed by atoms with Gasteiger partial charge in [0.05, 0.1) is 0 Å². The molecule has 0 amide bonds. The van der Waals surface area contributed by atoms with Gasteiger partial charge in [-0.25, -0.2) is 12.1 Å². The van der Waals surface area contributed by atoms with Gasteiger partial charge >= 0.3 is 0 Å². The van der Waals surface area contributed by atoms with Gasteiger partial charge in [-0.05, 0) is 12.8 Å².